The van der Waals surface area contributed by atoms with Gasteiger partial charge in [0.1, 0.15) is 5.65 Å². The Morgan fingerprint density at radius 1 is 1.07 bits per heavy atom. The van der Waals surface area contributed by atoms with Crippen molar-refractivity contribution in [3.8, 4) is 11.3 Å². The van der Waals surface area contributed by atoms with Crippen LogP contribution in [-0.2, 0) is 0 Å². The Morgan fingerprint density at radius 2 is 2.00 bits per heavy atom. The second kappa shape index (κ2) is 3.24. The zero-order valence-corrected chi connectivity index (χ0v) is 8.01. The van der Waals surface area contributed by atoms with Crippen molar-refractivity contribution in [2.45, 2.75) is 0 Å². The van der Waals surface area contributed by atoms with Gasteiger partial charge in [-0.25, -0.2) is 4.98 Å². The first kappa shape index (κ1) is 6.40. The number of imidazole rings is 1. The van der Waals surface area contributed by atoms with Crippen LogP contribution in [-0.4, -0.2) is 9.38 Å². The smallest absolute Gasteiger partial charge is 0.137 e. The van der Waals surface area contributed by atoms with E-state index in [1.807, 2.05) is 36.4 Å². The molecule has 0 aliphatic heterocycles. The van der Waals surface area contributed by atoms with E-state index in [1.165, 1.54) is 0 Å². The number of pyridine rings is 1. The van der Waals surface area contributed by atoms with Crippen molar-refractivity contribution < 1.29 is 2.74 Å². The van der Waals surface area contributed by atoms with E-state index in [1.54, 1.807) is 16.7 Å². The molecule has 0 aliphatic rings. The minimum absolute atomic E-state index is 0.320. The Hall–Kier alpha value is -2.09. The molecule has 2 nitrogen and oxygen atoms in total. The SMILES string of the molecule is [2H]c1ccccc1-c1nc2ccccn2c1[2H]. The molecule has 1 aromatic carbocycles. The lowest BCUT2D eigenvalue weighted by molar-refractivity contribution is 1.19. The minimum atomic E-state index is 0.320. The summed E-state index contributed by atoms with van der Waals surface area (Å²) >= 11 is 0. The van der Waals surface area contributed by atoms with Crippen molar-refractivity contribution in [1.82, 2.24) is 9.38 Å². The van der Waals surface area contributed by atoms with E-state index in [9.17, 15) is 0 Å². The van der Waals surface area contributed by atoms with Crippen LogP contribution in [0.1, 0.15) is 2.74 Å². The third kappa shape index (κ3) is 1.40. The second-order valence-electron chi connectivity index (χ2n) is 3.28. The first-order valence-corrected chi connectivity index (χ1v) is 4.77. The van der Waals surface area contributed by atoms with Gasteiger partial charge < -0.3 is 4.40 Å². The predicted molar refractivity (Wildman–Crippen MR) is 60.6 cm³/mol. The zero-order valence-electron chi connectivity index (χ0n) is 10.0. The molecular weight excluding hydrogens is 184 g/mol. The van der Waals surface area contributed by atoms with Gasteiger partial charge in [-0.15, -0.1) is 0 Å². The lowest BCUT2D eigenvalue weighted by atomic mass is 10.2. The fraction of sp³-hybridized carbons (Fsp3) is 0. The maximum atomic E-state index is 8.07. The van der Waals surface area contributed by atoms with Crippen molar-refractivity contribution >= 4 is 5.65 Å². The van der Waals surface area contributed by atoms with Gasteiger partial charge in [-0.3, -0.25) is 0 Å². The number of benzene rings is 1. The van der Waals surface area contributed by atoms with Gasteiger partial charge in [0.25, 0.3) is 0 Å². The van der Waals surface area contributed by atoms with E-state index in [0.717, 1.165) is 5.65 Å². The quantitative estimate of drug-likeness (QED) is 0.584. The Labute approximate surface area is 90.6 Å². The van der Waals surface area contributed by atoms with Crippen LogP contribution in [0, 0.1) is 0 Å². The molecule has 0 saturated carbocycles. The van der Waals surface area contributed by atoms with Gasteiger partial charge in [0, 0.05) is 17.9 Å². The molecule has 3 aromatic rings. The summed E-state index contributed by atoms with van der Waals surface area (Å²) in [5, 5.41) is 0. The maximum Gasteiger partial charge on any atom is 0.137 e. The first-order chi connectivity index (χ1) is 8.27. The Morgan fingerprint density at radius 3 is 2.87 bits per heavy atom. The molecule has 2 heteroatoms. The maximum absolute atomic E-state index is 8.07. The summed E-state index contributed by atoms with van der Waals surface area (Å²) < 4.78 is 17.6. The molecular formula is C13H10N2. The normalized spacial score (nSPS) is 12.5. The van der Waals surface area contributed by atoms with Gasteiger partial charge in [0.2, 0.25) is 0 Å². The summed E-state index contributed by atoms with van der Waals surface area (Å²) in [7, 11) is 0. The summed E-state index contributed by atoms with van der Waals surface area (Å²) in [6, 6.07) is 13.2. The molecule has 15 heavy (non-hydrogen) atoms. The molecule has 2 aromatic heterocycles. The van der Waals surface area contributed by atoms with Crippen molar-refractivity contribution in [1.29, 1.82) is 0 Å². The number of aromatic nitrogens is 2. The molecule has 72 valence electrons. The molecule has 0 aliphatic carbocycles. The monoisotopic (exact) mass is 196 g/mol. The van der Waals surface area contributed by atoms with E-state index in [2.05, 4.69) is 4.98 Å². The van der Waals surface area contributed by atoms with Crippen molar-refractivity contribution in [2.75, 3.05) is 0 Å². The molecule has 0 unspecified atom stereocenters. The van der Waals surface area contributed by atoms with Crippen LogP contribution >= 0.6 is 0 Å². The Kier molecular flexibility index (Phi) is 1.38. The van der Waals surface area contributed by atoms with Gasteiger partial charge >= 0.3 is 0 Å². The fourth-order valence-electron chi connectivity index (χ4n) is 1.53. The van der Waals surface area contributed by atoms with Gasteiger partial charge in [0.05, 0.1) is 8.44 Å². The summed E-state index contributed by atoms with van der Waals surface area (Å²) in [5.41, 5.74) is 1.98. The van der Waals surface area contributed by atoms with Crippen LogP contribution in [0.15, 0.2) is 60.9 Å². The molecule has 0 amide bonds. The summed E-state index contributed by atoms with van der Waals surface area (Å²) in [6.07, 6.45) is 2.13. The molecule has 0 N–H and O–H groups in total. The molecule has 0 fully saturated rings. The highest BCUT2D eigenvalue weighted by atomic mass is 15.0. The number of fused-ring (bicyclic) bond motifs is 1. The molecule has 0 radical (unpaired) electrons. The van der Waals surface area contributed by atoms with E-state index >= 15 is 0 Å². The molecule has 0 saturated heterocycles. The number of hydrogen-bond donors (Lipinski definition) is 0. The standard InChI is InChI=1S/C13H10N2/c1-2-6-11(7-3-1)12-10-15-9-5-4-8-13(15)14-12/h1-10H/i6D,10D. The molecule has 2 heterocycles. The van der Waals surface area contributed by atoms with Crippen molar-refractivity contribution in [3.05, 3.63) is 60.9 Å². The predicted octanol–water partition coefficient (Wildman–Crippen LogP) is 3.00. The van der Waals surface area contributed by atoms with E-state index in [4.69, 9.17) is 2.74 Å². The van der Waals surface area contributed by atoms with Crippen LogP contribution in [0.3, 0.4) is 0 Å². The van der Waals surface area contributed by atoms with Gasteiger partial charge in [-0.1, -0.05) is 36.4 Å². The van der Waals surface area contributed by atoms with Crippen LogP contribution < -0.4 is 0 Å². The largest absolute Gasteiger partial charge is 0.306 e. The zero-order chi connectivity index (χ0) is 11.8. The average Bonchev–Trinajstić information content (AvgIpc) is 2.68. The number of hydrogen-bond acceptors (Lipinski definition) is 1. The van der Waals surface area contributed by atoms with E-state index in [0.29, 0.717) is 23.5 Å². The second-order valence-corrected chi connectivity index (χ2v) is 3.28. The summed E-state index contributed by atoms with van der Waals surface area (Å²) in [6.45, 7) is 0. The van der Waals surface area contributed by atoms with Crippen molar-refractivity contribution in [3.63, 3.8) is 0 Å². The fourth-order valence-corrected chi connectivity index (χ4v) is 1.53. The lowest BCUT2D eigenvalue weighted by Crippen LogP contribution is -1.77. The molecule has 0 atom stereocenters. The topological polar surface area (TPSA) is 17.3 Å². The van der Waals surface area contributed by atoms with Crippen LogP contribution in [0.4, 0.5) is 0 Å². The molecule has 0 spiro atoms. The highest BCUT2D eigenvalue weighted by Crippen LogP contribution is 2.17. The van der Waals surface area contributed by atoms with Crippen LogP contribution in [0.25, 0.3) is 16.9 Å². The number of nitrogens with zero attached hydrogens (tertiary/aromatic N) is 2. The van der Waals surface area contributed by atoms with Gasteiger partial charge in [-0.2, -0.15) is 0 Å². The van der Waals surface area contributed by atoms with Crippen LogP contribution in [0.2, 0.25) is 0 Å². The Balaban J connectivity index is 2.32. The van der Waals surface area contributed by atoms with Crippen LogP contribution in [0.5, 0.6) is 0 Å². The van der Waals surface area contributed by atoms with Gasteiger partial charge in [-0.05, 0) is 12.1 Å². The average molecular weight is 196 g/mol. The number of rotatable bonds is 1. The van der Waals surface area contributed by atoms with E-state index in [-0.39, 0.29) is 0 Å². The molecule has 3 rings (SSSR count). The van der Waals surface area contributed by atoms with Crippen molar-refractivity contribution in [2.24, 2.45) is 0 Å². The summed E-state index contributed by atoms with van der Waals surface area (Å²) in [4.78, 5) is 4.40. The summed E-state index contributed by atoms with van der Waals surface area (Å²) in [5.74, 6) is 0. The van der Waals surface area contributed by atoms with Gasteiger partial charge in [0.15, 0.2) is 0 Å². The first-order valence-electron chi connectivity index (χ1n) is 5.77. The highest BCUT2D eigenvalue weighted by Gasteiger charge is 2.01. The molecule has 0 bridgehead atoms. The lowest BCUT2D eigenvalue weighted by Gasteiger charge is -1.92. The van der Waals surface area contributed by atoms with E-state index < -0.39 is 0 Å². The minimum Gasteiger partial charge on any atom is -0.306 e. The Bertz CT molecular complexity index is 689. The highest BCUT2D eigenvalue weighted by molar-refractivity contribution is 5.62. The third-order valence-corrected chi connectivity index (χ3v) is 2.26. The third-order valence-electron chi connectivity index (χ3n) is 2.26.